The summed E-state index contributed by atoms with van der Waals surface area (Å²) in [6.07, 6.45) is -0.329. The number of esters is 1. The number of ether oxygens (including phenoxy) is 2. The minimum Gasteiger partial charge on any atom is -0.468 e. The molecule has 0 aromatic heterocycles. The number of hydrogen-bond acceptors (Lipinski definition) is 5. The summed E-state index contributed by atoms with van der Waals surface area (Å²) in [5.74, 6) is -1.69. The van der Waals surface area contributed by atoms with E-state index in [2.05, 4.69) is 10.1 Å². The van der Waals surface area contributed by atoms with Gasteiger partial charge in [-0.25, -0.2) is 4.39 Å². The number of carbonyl (C=O) groups is 2. The molecule has 0 fully saturated rings. The number of halogens is 1. The predicted octanol–water partition coefficient (Wildman–Crippen LogP) is 1.15. The molecule has 7 heteroatoms. The van der Waals surface area contributed by atoms with Crippen molar-refractivity contribution < 1.29 is 23.5 Å². The Hall–Kier alpha value is -1.99. The number of nitrogens with one attached hydrogen (secondary N) is 1. The van der Waals surface area contributed by atoms with Crippen molar-refractivity contribution in [1.82, 2.24) is 5.32 Å². The molecule has 3 N–H and O–H groups in total. The average Bonchev–Trinajstić information content (AvgIpc) is 2.50. The lowest BCUT2D eigenvalue weighted by molar-refractivity contribution is -0.141. The van der Waals surface area contributed by atoms with Gasteiger partial charge in [0.1, 0.15) is 11.9 Å². The predicted molar refractivity (Wildman–Crippen MR) is 78.8 cm³/mol. The van der Waals surface area contributed by atoms with Crippen LogP contribution in [0.4, 0.5) is 4.39 Å². The first-order valence-electron chi connectivity index (χ1n) is 6.92. The largest absolute Gasteiger partial charge is 0.468 e. The Morgan fingerprint density at radius 2 is 2.05 bits per heavy atom. The van der Waals surface area contributed by atoms with Crippen LogP contribution in [-0.4, -0.2) is 38.2 Å². The Labute approximate surface area is 128 Å². The smallest absolute Gasteiger partial charge is 0.324 e. The lowest BCUT2D eigenvalue weighted by Crippen LogP contribution is -2.43. The van der Waals surface area contributed by atoms with Gasteiger partial charge in [0.05, 0.1) is 13.2 Å². The number of benzene rings is 1. The average molecular weight is 312 g/mol. The van der Waals surface area contributed by atoms with Crippen LogP contribution in [0.25, 0.3) is 0 Å². The van der Waals surface area contributed by atoms with Crippen molar-refractivity contribution in [3.63, 3.8) is 0 Å². The van der Waals surface area contributed by atoms with E-state index in [1.54, 1.807) is 13.0 Å². The Kier molecular flexibility index (Phi) is 6.94. The van der Waals surface area contributed by atoms with Crippen LogP contribution in [0.1, 0.15) is 35.9 Å². The Morgan fingerprint density at radius 3 is 2.64 bits per heavy atom. The molecule has 0 saturated heterocycles. The summed E-state index contributed by atoms with van der Waals surface area (Å²) in [6, 6.07) is 3.00. The third-order valence-corrected chi connectivity index (χ3v) is 3.05. The lowest BCUT2D eigenvalue weighted by atomic mass is 10.1. The fourth-order valence-corrected chi connectivity index (χ4v) is 1.86. The quantitative estimate of drug-likeness (QED) is 0.737. The van der Waals surface area contributed by atoms with E-state index < -0.39 is 23.7 Å². The number of rotatable bonds is 7. The molecule has 6 nitrogen and oxygen atoms in total. The third kappa shape index (κ3) is 5.09. The van der Waals surface area contributed by atoms with E-state index in [9.17, 15) is 14.0 Å². The van der Waals surface area contributed by atoms with Crippen molar-refractivity contribution in [1.29, 1.82) is 0 Å². The summed E-state index contributed by atoms with van der Waals surface area (Å²) in [5.41, 5.74) is 6.22. The van der Waals surface area contributed by atoms with Gasteiger partial charge in [-0.1, -0.05) is 0 Å². The van der Waals surface area contributed by atoms with Crippen LogP contribution in [0.2, 0.25) is 0 Å². The van der Waals surface area contributed by atoms with Crippen LogP contribution in [-0.2, 0) is 14.3 Å². The maximum atomic E-state index is 13.6. The molecule has 0 aliphatic heterocycles. The van der Waals surface area contributed by atoms with Gasteiger partial charge in [0, 0.05) is 18.7 Å². The fraction of sp³-hybridized carbons (Fsp3) is 0.467. The monoisotopic (exact) mass is 312 g/mol. The summed E-state index contributed by atoms with van der Waals surface area (Å²) in [6.45, 7) is 3.98. The molecule has 122 valence electrons. The van der Waals surface area contributed by atoms with Crippen molar-refractivity contribution in [2.75, 3.05) is 20.3 Å². The first-order chi connectivity index (χ1) is 10.4. The van der Waals surface area contributed by atoms with Crippen LogP contribution >= 0.6 is 0 Å². The maximum absolute atomic E-state index is 13.6. The first kappa shape index (κ1) is 18.1. The molecule has 22 heavy (non-hydrogen) atoms. The highest BCUT2D eigenvalue weighted by Gasteiger charge is 2.17. The van der Waals surface area contributed by atoms with E-state index in [1.807, 2.05) is 6.92 Å². The van der Waals surface area contributed by atoms with Gasteiger partial charge in [-0.3, -0.25) is 9.59 Å². The van der Waals surface area contributed by atoms with Gasteiger partial charge in [-0.2, -0.15) is 0 Å². The highest BCUT2D eigenvalue weighted by Crippen LogP contribution is 2.19. The second-order valence-corrected chi connectivity index (χ2v) is 4.71. The van der Waals surface area contributed by atoms with Crippen molar-refractivity contribution in [2.24, 2.45) is 5.73 Å². The first-order valence-corrected chi connectivity index (χ1v) is 6.92. The van der Waals surface area contributed by atoms with Gasteiger partial charge >= 0.3 is 5.97 Å². The zero-order valence-corrected chi connectivity index (χ0v) is 12.9. The summed E-state index contributed by atoms with van der Waals surface area (Å²) in [4.78, 5) is 23.2. The molecule has 0 heterocycles. The molecule has 1 unspecified atom stereocenters. The van der Waals surface area contributed by atoms with Crippen LogP contribution in [0.15, 0.2) is 18.2 Å². The molecule has 1 rings (SSSR count). The topological polar surface area (TPSA) is 90.6 Å². The molecular formula is C15H21FN2O4. The van der Waals surface area contributed by atoms with Gasteiger partial charge in [-0.15, -0.1) is 0 Å². The second kappa shape index (κ2) is 8.45. The van der Waals surface area contributed by atoms with E-state index >= 15 is 0 Å². The number of amides is 1. The number of hydrogen-bond donors (Lipinski definition) is 2. The Morgan fingerprint density at radius 1 is 1.36 bits per heavy atom. The van der Waals surface area contributed by atoms with E-state index in [-0.39, 0.29) is 18.2 Å². The Bertz CT molecular complexity index is 536. The minimum atomic E-state index is -0.968. The van der Waals surface area contributed by atoms with Crippen LogP contribution in [0.3, 0.4) is 0 Å². The SMILES string of the molecule is CCOC(C)c1cc(F)cc(C(=O)NC[C@@H](N)C(=O)OC)c1. The van der Waals surface area contributed by atoms with E-state index in [4.69, 9.17) is 10.5 Å². The fourth-order valence-electron chi connectivity index (χ4n) is 1.86. The molecule has 0 saturated carbocycles. The second-order valence-electron chi connectivity index (χ2n) is 4.71. The van der Waals surface area contributed by atoms with E-state index in [1.165, 1.54) is 13.2 Å². The zero-order chi connectivity index (χ0) is 16.7. The van der Waals surface area contributed by atoms with Crippen LogP contribution in [0, 0.1) is 5.82 Å². The maximum Gasteiger partial charge on any atom is 0.324 e. The molecule has 1 amide bonds. The third-order valence-electron chi connectivity index (χ3n) is 3.05. The minimum absolute atomic E-state index is 0.0988. The molecule has 0 spiro atoms. The lowest BCUT2D eigenvalue weighted by Gasteiger charge is -2.14. The van der Waals surface area contributed by atoms with Crippen LogP contribution < -0.4 is 11.1 Å². The Balaban J connectivity index is 2.79. The molecule has 0 bridgehead atoms. The molecule has 1 aromatic carbocycles. The zero-order valence-electron chi connectivity index (χ0n) is 12.9. The molecule has 1 aromatic rings. The van der Waals surface area contributed by atoms with Gasteiger partial charge < -0.3 is 20.5 Å². The summed E-state index contributed by atoms with van der Waals surface area (Å²) in [7, 11) is 1.21. The molecule has 0 radical (unpaired) electrons. The highest BCUT2D eigenvalue weighted by atomic mass is 19.1. The summed E-state index contributed by atoms with van der Waals surface area (Å²) >= 11 is 0. The molecular weight excluding hydrogens is 291 g/mol. The highest BCUT2D eigenvalue weighted by molar-refractivity contribution is 5.94. The molecule has 2 atom stereocenters. The van der Waals surface area contributed by atoms with Crippen molar-refractivity contribution in [3.05, 3.63) is 35.1 Å². The standard InChI is InChI=1S/C15H21FN2O4/c1-4-22-9(2)10-5-11(7-12(16)6-10)14(19)18-8-13(17)15(20)21-3/h5-7,9,13H,4,8,17H2,1-3H3,(H,18,19)/t9?,13-/m1/s1. The summed E-state index contributed by atoms with van der Waals surface area (Å²) < 4.78 is 23.5. The van der Waals surface area contributed by atoms with E-state index in [0.29, 0.717) is 12.2 Å². The van der Waals surface area contributed by atoms with Gasteiger partial charge in [-0.05, 0) is 37.6 Å². The van der Waals surface area contributed by atoms with E-state index in [0.717, 1.165) is 6.07 Å². The van der Waals surface area contributed by atoms with Gasteiger partial charge in [0.15, 0.2) is 0 Å². The number of nitrogens with two attached hydrogens (primary N) is 1. The molecule has 0 aliphatic carbocycles. The van der Waals surface area contributed by atoms with Gasteiger partial charge in [0.2, 0.25) is 0 Å². The van der Waals surface area contributed by atoms with Crippen LogP contribution in [0.5, 0.6) is 0 Å². The number of carbonyl (C=O) groups excluding carboxylic acids is 2. The normalized spacial score (nSPS) is 13.3. The van der Waals surface area contributed by atoms with Crippen molar-refractivity contribution in [3.8, 4) is 0 Å². The summed E-state index contributed by atoms with van der Waals surface area (Å²) in [5, 5.41) is 2.47. The molecule has 0 aliphatic rings. The van der Waals surface area contributed by atoms with Crippen molar-refractivity contribution >= 4 is 11.9 Å². The van der Waals surface area contributed by atoms with Gasteiger partial charge in [0.25, 0.3) is 5.91 Å². The van der Waals surface area contributed by atoms with Crippen molar-refractivity contribution in [2.45, 2.75) is 26.0 Å². The number of methoxy groups -OCH3 is 1.